The van der Waals surface area contributed by atoms with Gasteiger partial charge in [-0.1, -0.05) is 155 Å². The SMILES string of the molecule is CC(C)(C)c1ccc(Nc2cc3c(cc2-c2ccc4c5c6c(ccc5n5c4c2Bc2cc(C(C)(C)C)ccc2-5)C(C)(C)c2ccccc2-6)sc2cc4c(cc23)C(C)(C)CCC4(C)C)cc1. The molecule has 9 aromatic rings. The van der Waals surface area contributed by atoms with E-state index in [4.69, 9.17) is 0 Å². The topological polar surface area (TPSA) is 17.0 Å². The lowest BCUT2D eigenvalue weighted by atomic mass is 9.58. The van der Waals surface area contributed by atoms with Gasteiger partial charge < -0.3 is 9.88 Å². The average molecular weight is 865 g/mol. The quantitative estimate of drug-likeness (QED) is 0.175. The Hall–Kier alpha value is -5.58. The number of hydrogen-bond donors (Lipinski definition) is 1. The molecule has 2 nitrogen and oxygen atoms in total. The Morgan fingerprint density at radius 1 is 0.569 bits per heavy atom. The van der Waals surface area contributed by atoms with Crippen LogP contribution in [0.3, 0.4) is 0 Å². The Morgan fingerprint density at radius 2 is 1.23 bits per heavy atom. The van der Waals surface area contributed by atoms with Crippen LogP contribution >= 0.6 is 11.3 Å². The molecule has 0 unspecified atom stereocenters. The Morgan fingerprint density at radius 3 is 1.95 bits per heavy atom. The molecule has 12 rings (SSSR count). The predicted molar refractivity (Wildman–Crippen MR) is 285 cm³/mol. The van der Waals surface area contributed by atoms with Crippen molar-refractivity contribution in [2.75, 3.05) is 5.32 Å². The largest absolute Gasteiger partial charge is 0.355 e. The lowest BCUT2D eigenvalue weighted by molar-refractivity contribution is 0.332. The van der Waals surface area contributed by atoms with Gasteiger partial charge in [0.25, 0.3) is 0 Å². The smallest absolute Gasteiger partial charge is 0.198 e. The van der Waals surface area contributed by atoms with Crippen LogP contribution in [-0.4, -0.2) is 11.8 Å². The first-order valence-electron chi connectivity index (χ1n) is 24.0. The lowest BCUT2D eigenvalue weighted by Gasteiger charge is -2.41. The Bertz CT molecular complexity index is 3520. The molecule has 3 aliphatic rings. The first-order valence-corrected chi connectivity index (χ1v) is 24.8. The summed E-state index contributed by atoms with van der Waals surface area (Å²) in [5.74, 6) is 0. The molecule has 3 heterocycles. The summed E-state index contributed by atoms with van der Waals surface area (Å²) >= 11 is 1.97. The predicted octanol–water partition coefficient (Wildman–Crippen LogP) is 15.5. The fourth-order valence-electron chi connectivity index (χ4n) is 12.2. The molecule has 0 spiro atoms. The van der Waals surface area contributed by atoms with Gasteiger partial charge in [0.05, 0.1) is 5.52 Å². The molecule has 0 bridgehead atoms. The molecule has 0 radical (unpaired) electrons. The molecule has 2 aliphatic carbocycles. The molecule has 0 atom stereocenters. The average Bonchev–Trinajstić information content (AvgIpc) is 3.87. The maximum absolute atomic E-state index is 4.05. The molecule has 2 aromatic heterocycles. The number of fused-ring (bicyclic) bond motifs is 13. The van der Waals surface area contributed by atoms with Gasteiger partial charge in [0, 0.05) is 64.5 Å². The van der Waals surface area contributed by atoms with Crippen LogP contribution < -0.4 is 16.2 Å². The van der Waals surface area contributed by atoms with Crippen LogP contribution in [0.25, 0.3) is 69.9 Å². The molecular weight excluding hydrogens is 804 g/mol. The van der Waals surface area contributed by atoms with E-state index in [-0.39, 0.29) is 27.1 Å². The van der Waals surface area contributed by atoms with Crippen molar-refractivity contribution >= 4 is 82.9 Å². The van der Waals surface area contributed by atoms with Crippen molar-refractivity contribution in [1.82, 2.24) is 4.57 Å². The zero-order valence-corrected chi connectivity index (χ0v) is 41.3. The summed E-state index contributed by atoms with van der Waals surface area (Å²) in [4.78, 5) is 0. The minimum atomic E-state index is -0.0763. The van der Waals surface area contributed by atoms with Gasteiger partial charge in [-0.2, -0.15) is 0 Å². The van der Waals surface area contributed by atoms with Crippen molar-refractivity contribution in [3.05, 3.63) is 149 Å². The van der Waals surface area contributed by atoms with Crippen LogP contribution in [0.4, 0.5) is 11.4 Å². The molecule has 0 fully saturated rings. The van der Waals surface area contributed by atoms with Gasteiger partial charge in [0.1, 0.15) is 0 Å². The summed E-state index contributed by atoms with van der Waals surface area (Å²) in [6, 6.07) is 45.5. The van der Waals surface area contributed by atoms with Crippen molar-refractivity contribution in [2.45, 2.75) is 123 Å². The van der Waals surface area contributed by atoms with Crippen LogP contribution in [0.15, 0.2) is 115 Å². The van der Waals surface area contributed by atoms with E-state index in [1.54, 1.807) is 0 Å². The minimum absolute atomic E-state index is 0.0362. The second-order valence-corrected chi connectivity index (χ2v) is 24.8. The summed E-state index contributed by atoms with van der Waals surface area (Å²) in [5.41, 5.74) is 23.3. The number of thiophene rings is 1. The monoisotopic (exact) mass is 864 g/mol. The standard InChI is InChI=1S/C61H61BN2S/c1-57(2,3)34-17-20-36(21-18-34)63-48-31-42-41-30-45-46(60(9,10)28-27-59(45,7)8)33-52(41)65-51(42)32-40(48)37-22-23-39-54-50(26-24-44-53(54)38-15-13-14-16-43(38)61(44,11)12)64-49-25-19-35(58(4,5)6)29-47(49)62-55(37)56(39)64/h13-26,29-33,62-63H,27-28H2,1-12H3. The summed E-state index contributed by atoms with van der Waals surface area (Å²) in [7, 11) is 0.869. The highest BCUT2D eigenvalue weighted by Crippen LogP contribution is 2.54. The van der Waals surface area contributed by atoms with Crippen molar-refractivity contribution in [3.8, 4) is 27.9 Å². The number of hydrogen-bond acceptors (Lipinski definition) is 2. The summed E-state index contributed by atoms with van der Waals surface area (Å²) in [6.45, 7) is 28.5. The van der Waals surface area contributed by atoms with Crippen LogP contribution in [0.5, 0.6) is 0 Å². The van der Waals surface area contributed by atoms with E-state index in [2.05, 4.69) is 208 Å². The van der Waals surface area contributed by atoms with Crippen LogP contribution in [0.1, 0.15) is 129 Å². The van der Waals surface area contributed by atoms with E-state index in [1.165, 1.54) is 127 Å². The van der Waals surface area contributed by atoms with Crippen molar-refractivity contribution < 1.29 is 0 Å². The number of aromatic nitrogens is 1. The first kappa shape index (κ1) is 40.9. The fraction of sp³-hybridized carbons (Fsp3) is 0.311. The molecule has 65 heavy (non-hydrogen) atoms. The molecule has 0 amide bonds. The highest BCUT2D eigenvalue weighted by molar-refractivity contribution is 7.25. The summed E-state index contributed by atoms with van der Waals surface area (Å²) in [6.07, 6.45) is 2.42. The number of rotatable bonds is 3. The van der Waals surface area contributed by atoms with Gasteiger partial charge in [-0.15, -0.1) is 11.3 Å². The zero-order chi connectivity index (χ0) is 45.3. The van der Waals surface area contributed by atoms with Crippen molar-refractivity contribution in [1.29, 1.82) is 0 Å². The van der Waals surface area contributed by atoms with Crippen LogP contribution in [0, 0.1) is 0 Å². The first-order chi connectivity index (χ1) is 30.7. The van der Waals surface area contributed by atoms with Gasteiger partial charge in [-0.25, -0.2) is 0 Å². The van der Waals surface area contributed by atoms with Gasteiger partial charge in [0.2, 0.25) is 0 Å². The maximum Gasteiger partial charge on any atom is 0.198 e. The summed E-state index contributed by atoms with van der Waals surface area (Å²) in [5, 5.41) is 9.49. The van der Waals surface area contributed by atoms with E-state index in [9.17, 15) is 0 Å². The number of nitrogens with one attached hydrogen (secondary N) is 1. The van der Waals surface area contributed by atoms with Gasteiger partial charge in [0.15, 0.2) is 7.28 Å². The zero-order valence-electron chi connectivity index (χ0n) is 40.4. The van der Waals surface area contributed by atoms with Crippen LogP contribution in [-0.2, 0) is 27.1 Å². The van der Waals surface area contributed by atoms with Crippen molar-refractivity contribution in [3.63, 3.8) is 0 Å². The molecule has 0 saturated carbocycles. The number of anilines is 2. The molecule has 1 aliphatic heterocycles. The third-order valence-corrected chi connectivity index (χ3v) is 17.3. The van der Waals surface area contributed by atoms with E-state index < -0.39 is 0 Å². The third-order valence-electron chi connectivity index (χ3n) is 16.2. The fourth-order valence-corrected chi connectivity index (χ4v) is 13.3. The highest BCUT2D eigenvalue weighted by atomic mass is 32.1. The molecule has 4 heteroatoms. The normalized spacial score (nSPS) is 16.7. The number of benzene rings is 7. The molecule has 1 N–H and O–H groups in total. The number of nitrogens with zero attached hydrogens (tertiary/aromatic N) is 1. The van der Waals surface area contributed by atoms with Crippen molar-refractivity contribution in [2.24, 2.45) is 0 Å². The molecule has 7 aromatic carbocycles. The maximum atomic E-state index is 4.05. The van der Waals surface area contributed by atoms with Gasteiger partial charge in [-0.3, -0.25) is 0 Å². The van der Waals surface area contributed by atoms with Gasteiger partial charge >= 0.3 is 0 Å². The Kier molecular flexibility index (Phi) is 8.36. The van der Waals surface area contributed by atoms with E-state index in [0.29, 0.717) is 0 Å². The van der Waals surface area contributed by atoms with E-state index in [1.807, 2.05) is 11.3 Å². The Labute approximate surface area is 390 Å². The lowest BCUT2D eigenvalue weighted by Crippen LogP contribution is -2.38. The van der Waals surface area contributed by atoms with Gasteiger partial charge in [-0.05, 0) is 139 Å². The molecule has 0 saturated heterocycles. The second-order valence-electron chi connectivity index (χ2n) is 23.8. The van der Waals surface area contributed by atoms with Crippen LogP contribution in [0.2, 0.25) is 0 Å². The summed E-state index contributed by atoms with van der Waals surface area (Å²) < 4.78 is 5.37. The Balaban J connectivity index is 1.16. The minimum Gasteiger partial charge on any atom is -0.355 e. The molecule has 324 valence electrons. The highest BCUT2D eigenvalue weighted by Gasteiger charge is 2.40. The van der Waals surface area contributed by atoms with E-state index >= 15 is 0 Å². The van der Waals surface area contributed by atoms with E-state index in [0.717, 1.165) is 18.7 Å². The molecular formula is C61H61BN2S. The third kappa shape index (κ3) is 5.91. The second kappa shape index (κ2) is 13.3.